The number of ether oxygens (including phenoxy) is 6. The van der Waals surface area contributed by atoms with E-state index in [1.807, 2.05) is 20.8 Å². The summed E-state index contributed by atoms with van der Waals surface area (Å²) in [4.78, 5) is 96.5. The second kappa shape index (κ2) is 47.0. The number of amides is 4. The van der Waals surface area contributed by atoms with Crippen molar-refractivity contribution < 1.29 is 115 Å². The van der Waals surface area contributed by atoms with Crippen molar-refractivity contribution in [3.05, 3.63) is 131 Å². The molecule has 4 bridgehead atoms. The maximum atomic E-state index is 13.5. The molecule has 3 aliphatic rings. The molecule has 0 radical (unpaired) electrons. The van der Waals surface area contributed by atoms with Gasteiger partial charge in [-0.2, -0.15) is 0 Å². The highest BCUT2D eigenvalue weighted by atomic mass is 35.5. The van der Waals surface area contributed by atoms with Crippen LogP contribution in [0.25, 0.3) is 0 Å². The van der Waals surface area contributed by atoms with Crippen molar-refractivity contribution in [3.8, 4) is 11.5 Å². The molecular weight excluding hydrogens is 1390 g/mol. The van der Waals surface area contributed by atoms with Crippen LogP contribution in [0.5, 0.6) is 11.5 Å². The molecule has 16 N–H and O–H groups in total. The Hall–Kier alpha value is -7.51. The molecule has 0 saturated heterocycles. The number of carboxylic acid groups (broad SMARTS) is 1. The summed E-state index contributed by atoms with van der Waals surface area (Å²) in [6, 6.07) is 1.31. The molecular formula is C72H111Cl3N8O19. The summed E-state index contributed by atoms with van der Waals surface area (Å²) >= 11 is 5.17. The van der Waals surface area contributed by atoms with Crippen molar-refractivity contribution in [2.45, 2.75) is 169 Å². The van der Waals surface area contributed by atoms with E-state index in [-0.39, 0.29) is 94.6 Å². The molecule has 27 nitrogen and oxygen atoms in total. The van der Waals surface area contributed by atoms with E-state index in [2.05, 4.69) is 34.4 Å². The molecule has 12 atom stereocenters. The summed E-state index contributed by atoms with van der Waals surface area (Å²) in [5.41, 5.74) is 12.3. The van der Waals surface area contributed by atoms with E-state index in [9.17, 15) is 63.9 Å². The topological polar surface area (TPSA) is 429 Å². The number of aliphatic hydroxyl groups excluding tert-OH is 2. The lowest BCUT2D eigenvalue weighted by Gasteiger charge is -2.30. The van der Waals surface area contributed by atoms with E-state index in [0.29, 0.717) is 53.8 Å². The summed E-state index contributed by atoms with van der Waals surface area (Å²) in [5, 5.41) is 68.7. The highest BCUT2D eigenvalue weighted by molar-refractivity contribution is 6.65. The Balaban J connectivity index is 0. The largest absolute Gasteiger partial charge is 1.00 e. The van der Waals surface area contributed by atoms with E-state index >= 15 is 0 Å². The van der Waals surface area contributed by atoms with Gasteiger partial charge in [-0.25, -0.2) is 9.59 Å². The Kier molecular flexibility index (Phi) is 44.5. The number of fused-ring (bicyclic) bond motifs is 4. The molecule has 1 aromatic carbocycles. The van der Waals surface area contributed by atoms with Crippen LogP contribution >= 0.6 is 24.0 Å². The highest BCUT2D eigenvalue weighted by Crippen LogP contribution is 2.41. The highest BCUT2D eigenvalue weighted by Gasteiger charge is 2.36. The van der Waals surface area contributed by atoms with Gasteiger partial charge in [0.25, 0.3) is 11.8 Å². The van der Waals surface area contributed by atoms with Crippen LogP contribution in [0.1, 0.15) is 108 Å². The molecule has 102 heavy (non-hydrogen) atoms. The molecule has 0 fully saturated rings. The van der Waals surface area contributed by atoms with Crippen molar-refractivity contribution in [2.75, 3.05) is 60.9 Å². The predicted molar refractivity (Wildman–Crippen MR) is 386 cm³/mol. The van der Waals surface area contributed by atoms with Crippen LogP contribution < -0.4 is 60.9 Å². The molecule has 574 valence electrons. The molecule has 2 heterocycles. The summed E-state index contributed by atoms with van der Waals surface area (Å²) in [7, 11) is 9.28. The van der Waals surface area contributed by atoms with E-state index < -0.39 is 113 Å². The fourth-order valence-corrected chi connectivity index (χ4v) is 10.3. The Morgan fingerprint density at radius 3 is 1.57 bits per heavy atom. The lowest BCUT2D eigenvalue weighted by atomic mass is 9.85. The average Bonchev–Trinajstić information content (AvgIpc) is 0.998. The van der Waals surface area contributed by atoms with E-state index in [4.69, 9.17) is 51.5 Å². The lowest BCUT2D eigenvalue weighted by molar-refractivity contribution is -0.689. The molecule has 30 heteroatoms. The first-order valence-electron chi connectivity index (χ1n) is 32.6. The number of nitrogens with one attached hydrogen (secondary N) is 4. The number of hydrogen-bond acceptors (Lipinski definition) is 21. The van der Waals surface area contributed by atoms with Crippen LogP contribution in [0.4, 0.5) is 21.0 Å². The van der Waals surface area contributed by atoms with E-state index in [1.54, 1.807) is 136 Å². The quantitative estimate of drug-likeness (QED) is 0.0278. The van der Waals surface area contributed by atoms with Gasteiger partial charge in [-0.1, -0.05) is 89.0 Å². The van der Waals surface area contributed by atoms with Gasteiger partial charge >= 0.3 is 12.2 Å². The Morgan fingerprint density at radius 1 is 0.755 bits per heavy atom. The van der Waals surface area contributed by atoms with Crippen molar-refractivity contribution in [1.29, 1.82) is 0 Å². The second-order valence-corrected chi connectivity index (χ2v) is 26.1. The summed E-state index contributed by atoms with van der Waals surface area (Å²) in [6.45, 7) is 28.8. The zero-order chi connectivity index (χ0) is 76.7. The Morgan fingerprint density at radius 2 is 1.21 bits per heavy atom. The fourth-order valence-electron chi connectivity index (χ4n) is 10.2. The van der Waals surface area contributed by atoms with Crippen LogP contribution in [0, 0.1) is 23.7 Å². The monoisotopic (exact) mass is 1500 g/mol. The Labute approximate surface area is 617 Å². The number of allylic oxidation sites excluding steroid dienone is 6. The Bertz CT molecular complexity index is 3260. The third kappa shape index (κ3) is 30.8. The van der Waals surface area contributed by atoms with Gasteiger partial charge in [0.2, 0.25) is 16.8 Å². The van der Waals surface area contributed by atoms with Gasteiger partial charge in [0.15, 0.2) is 23.6 Å². The molecule has 4 rings (SSSR count). The number of carbonyl (C=O) groups excluding carboxylic acids is 8. The molecule has 0 aromatic heterocycles. The average molecular weight is 1500 g/mol. The number of methoxy groups -OCH3 is 4. The van der Waals surface area contributed by atoms with Gasteiger partial charge in [-0.3, -0.25) is 24.0 Å². The van der Waals surface area contributed by atoms with E-state index in [0.717, 1.165) is 6.08 Å². The summed E-state index contributed by atoms with van der Waals surface area (Å²) in [5.74, 6) is -4.45. The standard InChI is InChI=1S/C31H45N3O8.C31H43N3O8.C5H10ClNO.C5H11NO2.2ClH/c2*1-8-12-33-26-21-13-17(2)14-25(41-7)27(36)19(4)15-20(5)29(42-31(32)39)24(40-6)11-9-10-18(3)30(38)34-22(28(21)37)16-23(26)35;1-5(2,7-3)4(6)8;1-5(2,6-3)4(7)8;;/h8-11,15-17,19,24-25,27,29,33,35-37H,1,12-14H2,2-7H3,(H2,32,39)(H,34,38);8-11,15-17,19,24-25,27,29,33,36H,1,12-14H2,2-7H3,(H2,32,39)(H,34,38);7H,1-3H3;6H,1-3H3,(H,7,8);2*1H/b2*11-9-,18-10+,20-15+;;;;/t2*17-,19+,24+,25+,27-,29+;;;;/m11..../s1. The number of ketones is 2. The second-order valence-electron chi connectivity index (χ2n) is 25.8. The minimum atomic E-state index is -1.03. The zero-order valence-corrected chi connectivity index (χ0v) is 64.2. The number of aliphatic carboxylic acids is 1. The number of aromatic hydroxyl groups is 2. The number of rotatable bonds is 16. The first kappa shape index (κ1) is 96.5. The number of phenols is 2. The van der Waals surface area contributed by atoms with Gasteiger partial charge in [-0.15, -0.1) is 19.0 Å². The first-order chi connectivity index (χ1) is 46.7. The molecule has 0 unspecified atom stereocenters. The van der Waals surface area contributed by atoms with Crippen LogP contribution in [-0.4, -0.2) is 183 Å². The third-order valence-corrected chi connectivity index (χ3v) is 17.4. The zero-order valence-electron chi connectivity index (χ0n) is 61.9. The normalized spacial score (nSPS) is 26.9. The van der Waals surface area contributed by atoms with Gasteiger partial charge in [0.05, 0.1) is 66.2 Å². The number of primary amides is 2. The number of Topliss-reactive ketones (excluding diaryl/α,β-unsaturated/α-hetero) is 1. The van der Waals surface area contributed by atoms with Crippen LogP contribution in [-0.2, 0) is 63.6 Å². The van der Waals surface area contributed by atoms with Gasteiger partial charge < -0.3 is 115 Å². The predicted octanol–water partition coefficient (Wildman–Crippen LogP) is 1.36. The van der Waals surface area contributed by atoms with Crippen molar-refractivity contribution >= 4 is 82.2 Å². The lowest BCUT2D eigenvalue weighted by Crippen LogP contribution is -3.00. The van der Waals surface area contributed by atoms with Gasteiger partial charge in [-0.05, 0) is 129 Å². The molecule has 0 spiro atoms. The van der Waals surface area contributed by atoms with Crippen molar-refractivity contribution in [3.63, 3.8) is 0 Å². The van der Waals surface area contributed by atoms with Crippen LogP contribution in [0.3, 0.4) is 0 Å². The number of halogens is 3. The molecule has 4 amide bonds. The number of quaternary nitrogens is 2. The number of anilines is 1. The number of benzene rings is 1. The number of phenolic OH excluding ortho intramolecular Hbond substituents is 2. The first-order valence-corrected chi connectivity index (χ1v) is 33.0. The van der Waals surface area contributed by atoms with Crippen molar-refractivity contribution in [2.24, 2.45) is 35.1 Å². The third-order valence-electron chi connectivity index (χ3n) is 16.9. The number of likely N-dealkylation sites (N-methyl/N-ethyl adjacent to an activating group) is 2. The minimum absolute atomic E-state index is 0. The minimum Gasteiger partial charge on any atom is -1.00 e. The van der Waals surface area contributed by atoms with Crippen molar-refractivity contribution in [1.82, 2.24) is 16.0 Å². The molecule has 0 saturated carbocycles. The maximum absolute atomic E-state index is 13.5. The molecule has 1 aliphatic carbocycles. The SMILES string of the molecule is C=CCNC1=C2C[C@@H](C)C[C@H](OC)[C@H](O)[C@@H](C)/C=C(\C)[C@H](OC(N)=O)[C@@H](OC)/C=C\C=C(/C)C(=O)NC(=CC1=O)C2=O.C=CC[NH2+]c1c(O)cc2c(O)c1C[C@@H](C)C[C@H](OC)[C@H](O)[C@@H](C)/C=C(\C)[C@H](OC(N)=O)[C@@H](OC)/C=C\C=C(/C)C(=O)N2.CNC(C)(C)C(=O)Cl.C[NH2+]C(C)(C)C(=O)[O-].Cl.[Cl-]. The van der Waals surface area contributed by atoms with E-state index in [1.165, 1.54) is 46.7 Å². The van der Waals surface area contributed by atoms with Gasteiger partial charge in [0.1, 0.15) is 29.5 Å². The smallest absolute Gasteiger partial charge is 0.405 e. The molecule has 2 aliphatic heterocycles. The van der Waals surface area contributed by atoms with Gasteiger partial charge in [0, 0.05) is 75.7 Å². The maximum Gasteiger partial charge on any atom is 0.405 e. The number of carboxylic acids is 1. The van der Waals surface area contributed by atoms with Crippen LogP contribution in [0.15, 0.2) is 125 Å². The number of hydrogen-bond donors (Lipinski definition) is 12. The van der Waals surface area contributed by atoms with Crippen LogP contribution in [0.2, 0.25) is 0 Å². The number of nitrogens with two attached hydrogens (primary N) is 4. The molecule has 1 aromatic rings. The summed E-state index contributed by atoms with van der Waals surface area (Å²) in [6.07, 6.45) is 10.1. The number of aliphatic hydroxyl groups is 2. The summed E-state index contributed by atoms with van der Waals surface area (Å²) < 4.78 is 33.2. The number of carbonyl (C=O) groups is 8. The fraction of sp³-hybridized carbons (Fsp3) is 0.528.